The molecule has 17 heavy (non-hydrogen) atoms. The van der Waals surface area contributed by atoms with Gasteiger partial charge in [0.15, 0.2) is 9.84 Å². The van der Waals surface area contributed by atoms with Crippen molar-refractivity contribution in [1.29, 1.82) is 0 Å². The van der Waals surface area contributed by atoms with Gasteiger partial charge in [-0.25, -0.2) is 8.42 Å². The fourth-order valence-corrected chi connectivity index (χ4v) is 3.51. The van der Waals surface area contributed by atoms with Crippen LogP contribution in [0.4, 0.5) is 0 Å². The highest BCUT2D eigenvalue weighted by molar-refractivity contribution is 7.92. The average molecular weight is 263 g/mol. The second kappa shape index (κ2) is 6.71. The van der Waals surface area contributed by atoms with E-state index in [2.05, 4.69) is 5.32 Å². The third-order valence-electron chi connectivity index (χ3n) is 3.46. The molecule has 0 aromatic carbocycles. The van der Waals surface area contributed by atoms with Crippen molar-refractivity contribution in [2.24, 2.45) is 5.92 Å². The highest BCUT2D eigenvalue weighted by Crippen LogP contribution is 2.12. The molecule has 5 heteroatoms. The van der Waals surface area contributed by atoms with Gasteiger partial charge in [0, 0.05) is 19.7 Å². The van der Waals surface area contributed by atoms with Gasteiger partial charge in [-0.1, -0.05) is 13.8 Å². The Kier molecular flexibility index (Phi) is 5.89. The molecule has 2 unspecified atom stereocenters. The van der Waals surface area contributed by atoms with Crippen LogP contribution < -0.4 is 5.32 Å². The van der Waals surface area contributed by atoms with Crippen molar-refractivity contribution in [2.45, 2.75) is 45.0 Å². The van der Waals surface area contributed by atoms with Crippen LogP contribution in [0.3, 0.4) is 0 Å². The minimum atomic E-state index is -2.96. The first-order valence-corrected chi connectivity index (χ1v) is 8.19. The summed E-state index contributed by atoms with van der Waals surface area (Å²) >= 11 is 0. The number of hydrogen-bond donors (Lipinski definition) is 1. The Bertz CT molecular complexity index is 308. The van der Waals surface area contributed by atoms with Crippen molar-refractivity contribution in [3.8, 4) is 0 Å². The maximum absolute atomic E-state index is 11.9. The summed E-state index contributed by atoms with van der Waals surface area (Å²) in [6.45, 7) is 7.82. The van der Waals surface area contributed by atoms with E-state index in [1.54, 1.807) is 6.92 Å². The SMILES string of the molecule is CC(C)C(C)S(=O)(=O)CCNCC1CCCO1. The van der Waals surface area contributed by atoms with E-state index in [-0.39, 0.29) is 23.0 Å². The molecule has 102 valence electrons. The van der Waals surface area contributed by atoms with Gasteiger partial charge in [0.25, 0.3) is 0 Å². The van der Waals surface area contributed by atoms with E-state index < -0.39 is 9.84 Å². The zero-order valence-corrected chi connectivity index (χ0v) is 11.9. The predicted molar refractivity (Wildman–Crippen MR) is 69.9 cm³/mol. The van der Waals surface area contributed by atoms with Crippen molar-refractivity contribution in [3.05, 3.63) is 0 Å². The van der Waals surface area contributed by atoms with E-state index in [1.165, 1.54) is 0 Å². The van der Waals surface area contributed by atoms with E-state index in [0.29, 0.717) is 6.54 Å². The van der Waals surface area contributed by atoms with Crippen LogP contribution in [0.25, 0.3) is 0 Å². The molecule has 2 atom stereocenters. The summed E-state index contributed by atoms with van der Waals surface area (Å²) in [4.78, 5) is 0. The van der Waals surface area contributed by atoms with Crippen LogP contribution in [0.15, 0.2) is 0 Å². The van der Waals surface area contributed by atoms with Gasteiger partial charge in [-0.2, -0.15) is 0 Å². The Morgan fingerprint density at radius 2 is 2.06 bits per heavy atom. The third kappa shape index (κ3) is 4.94. The fraction of sp³-hybridized carbons (Fsp3) is 1.00. The molecule has 1 saturated heterocycles. The van der Waals surface area contributed by atoms with Gasteiger partial charge in [0.2, 0.25) is 0 Å². The molecule has 1 rings (SSSR count). The molecule has 0 radical (unpaired) electrons. The van der Waals surface area contributed by atoms with Crippen molar-refractivity contribution in [2.75, 3.05) is 25.4 Å². The van der Waals surface area contributed by atoms with Crippen LogP contribution in [0.5, 0.6) is 0 Å². The standard InChI is InChI=1S/C12H25NO3S/c1-10(2)11(3)17(14,15)8-6-13-9-12-5-4-7-16-12/h10-13H,4-9H2,1-3H3. The van der Waals surface area contributed by atoms with Crippen LogP contribution in [-0.4, -0.2) is 45.2 Å². The third-order valence-corrected chi connectivity index (χ3v) is 5.92. The highest BCUT2D eigenvalue weighted by atomic mass is 32.2. The quantitative estimate of drug-likeness (QED) is 0.702. The van der Waals surface area contributed by atoms with Crippen molar-refractivity contribution >= 4 is 9.84 Å². The maximum Gasteiger partial charge on any atom is 0.154 e. The zero-order chi connectivity index (χ0) is 12.9. The number of sulfone groups is 1. The Labute approximate surface area is 105 Å². The normalized spacial score (nSPS) is 23.2. The van der Waals surface area contributed by atoms with Crippen LogP contribution in [0.1, 0.15) is 33.6 Å². The topological polar surface area (TPSA) is 55.4 Å². The van der Waals surface area contributed by atoms with Gasteiger partial charge in [-0.3, -0.25) is 0 Å². The summed E-state index contributed by atoms with van der Waals surface area (Å²) in [5.41, 5.74) is 0. The minimum absolute atomic E-state index is 0.179. The van der Waals surface area contributed by atoms with Gasteiger partial charge in [0.1, 0.15) is 0 Å². The predicted octanol–water partition coefficient (Wildman–Crippen LogP) is 1.21. The molecule has 0 aromatic rings. The Balaban J connectivity index is 2.20. The van der Waals surface area contributed by atoms with E-state index in [1.807, 2.05) is 13.8 Å². The molecule has 1 heterocycles. The molecule has 4 nitrogen and oxygen atoms in total. The molecular formula is C12H25NO3S. The molecule has 0 bridgehead atoms. The summed E-state index contributed by atoms with van der Waals surface area (Å²) in [5, 5.41) is 2.92. The molecule has 1 N–H and O–H groups in total. The van der Waals surface area contributed by atoms with Gasteiger partial charge < -0.3 is 10.1 Å². The smallest absolute Gasteiger partial charge is 0.154 e. The molecule has 0 aliphatic carbocycles. The van der Waals surface area contributed by atoms with Crippen LogP contribution >= 0.6 is 0 Å². The van der Waals surface area contributed by atoms with Gasteiger partial charge in [0.05, 0.1) is 17.1 Å². The molecule has 1 fully saturated rings. The first-order valence-electron chi connectivity index (χ1n) is 6.47. The number of nitrogens with one attached hydrogen (secondary N) is 1. The molecule has 1 aliphatic rings. The van der Waals surface area contributed by atoms with Gasteiger partial charge >= 0.3 is 0 Å². The largest absolute Gasteiger partial charge is 0.377 e. The first-order chi connectivity index (χ1) is 7.93. The van der Waals surface area contributed by atoms with Crippen LogP contribution in [0.2, 0.25) is 0 Å². The second-order valence-corrected chi connectivity index (χ2v) is 7.63. The first kappa shape index (κ1) is 14.9. The van der Waals surface area contributed by atoms with Crippen LogP contribution in [0, 0.1) is 5.92 Å². The zero-order valence-electron chi connectivity index (χ0n) is 11.1. The van der Waals surface area contributed by atoms with Crippen molar-refractivity contribution in [3.63, 3.8) is 0 Å². The monoisotopic (exact) mass is 263 g/mol. The molecule has 1 aliphatic heterocycles. The lowest BCUT2D eigenvalue weighted by Crippen LogP contribution is -2.34. The second-order valence-electron chi connectivity index (χ2n) is 5.16. The van der Waals surface area contributed by atoms with E-state index in [0.717, 1.165) is 26.0 Å². The number of ether oxygens (including phenoxy) is 1. The molecule has 0 saturated carbocycles. The summed E-state index contributed by atoms with van der Waals surface area (Å²) in [5.74, 6) is 0.400. The van der Waals surface area contributed by atoms with Crippen LogP contribution in [-0.2, 0) is 14.6 Å². The summed E-state index contributed by atoms with van der Waals surface area (Å²) < 4.78 is 29.3. The Hall–Kier alpha value is -0.130. The molecule has 0 amide bonds. The summed E-state index contributed by atoms with van der Waals surface area (Å²) in [7, 11) is -2.96. The Morgan fingerprint density at radius 3 is 2.59 bits per heavy atom. The Morgan fingerprint density at radius 1 is 1.35 bits per heavy atom. The maximum atomic E-state index is 11.9. The number of hydrogen-bond acceptors (Lipinski definition) is 4. The lowest BCUT2D eigenvalue weighted by atomic mass is 10.2. The van der Waals surface area contributed by atoms with E-state index in [4.69, 9.17) is 4.74 Å². The molecule has 0 aromatic heterocycles. The lowest BCUT2D eigenvalue weighted by molar-refractivity contribution is 0.110. The van der Waals surface area contributed by atoms with Crippen molar-refractivity contribution in [1.82, 2.24) is 5.32 Å². The molecular weight excluding hydrogens is 238 g/mol. The van der Waals surface area contributed by atoms with Gasteiger partial charge in [-0.15, -0.1) is 0 Å². The highest BCUT2D eigenvalue weighted by Gasteiger charge is 2.23. The number of rotatable bonds is 7. The minimum Gasteiger partial charge on any atom is -0.377 e. The fourth-order valence-electron chi connectivity index (χ4n) is 1.88. The summed E-state index contributed by atoms with van der Waals surface area (Å²) in [6, 6.07) is 0. The van der Waals surface area contributed by atoms with E-state index >= 15 is 0 Å². The summed E-state index contributed by atoms with van der Waals surface area (Å²) in [6.07, 6.45) is 2.48. The molecule has 0 spiro atoms. The van der Waals surface area contributed by atoms with Crippen molar-refractivity contribution < 1.29 is 13.2 Å². The van der Waals surface area contributed by atoms with Gasteiger partial charge in [-0.05, 0) is 25.7 Å². The average Bonchev–Trinajstić information content (AvgIpc) is 2.76. The lowest BCUT2D eigenvalue weighted by Gasteiger charge is -2.17. The van der Waals surface area contributed by atoms with E-state index in [9.17, 15) is 8.42 Å².